The molecule has 0 aliphatic heterocycles. The normalized spacial score (nSPS) is 11.8. The minimum absolute atomic E-state index is 0.287. The van der Waals surface area contributed by atoms with Gasteiger partial charge in [0, 0.05) is 11.4 Å². The molecule has 3 aromatic rings. The highest BCUT2D eigenvalue weighted by molar-refractivity contribution is 5.70. The fraction of sp³-hybridized carbons (Fsp3) is 0.0400. The van der Waals surface area contributed by atoms with E-state index in [-0.39, 0.29) is 5.70 Å². The Hall–Kier alpha value is -3.73. The number of benzene rings is 3. The average molecular weight is 406 g/mol. The van der Waals surface area contributed by atoms with Gasteiger partial charge in [0.2, 0.25) is 0 Å². The van der Waals surface area contributed by atoms with E-state index in [0.29, 0.717) is 17.0 Å². The van der Waals surface area contributed by atoms with Crippen molar-refractivity contribution < 1.29 is 13.2 Å². The first-order chi connectivity index (χ1) is 14.2. The fourth-order valence-corrected chi connectivity index (χ4v) is 2.87. The summed E-state index contributed by atoms with van der Waals surface area (Å²) in [5.41, 5.74) is 10.0. The van der Waals surface area contributed by atoms with Crippen LogP contribution in [0.4, 0.5) is 13.2 Å². The Morgan fingerprint density at radius 1 is 0.800 bits per heavy atom. The molecule has 152 valence electrons. The quantitative estimate of drug-likeness (QED) is 0.462. The van der Waals surface area contributed by atoms with Crippen LogP contribution in [0.5, 0.6) is 0 Å². The lowest BCUT2D eigenvalue weighted by molar-refractivity contribution is -0.137. The summed E-state index contributed by atoms with van der Waals surface area (Å²) in [6.45, 7) is 7.67. The van der Waals surface area contributed by atoms with Crippen LogP contribution in [0.15, 0.2) is 103 Å². The lowest BCUT2D eigenvalue weighted by Gasteiger charge is -2.15. The summed E-state index contributed by atoms with van der Waals surface area (Å²) in [6.07, 6.45) is -2.57. The van der Waals surface area contributed by atoms with Crippen LogP contribution in [0.3, 0.4) is 0 Å². The monoisotopic (exact) mass is 406 g/mol. The summed E-state index contributed by atoms with van der Waals surface area (Å²) < 4.78 is 38.2. The molecule has 0 saturated carbocycles. The third-order valence-electron chi connectivity index (χ3n) is 4.52. The maximum Gasteiger partial charge on any atom is 0.416 e. The van der Waals surface area contributed by atoms with Crippen molar-refractivity contribution in [1.29, 1.82) is 0 Å². The van der Waals surface area contributed by atoms with Crippen LogP contribution in [0.2, 0.25) is 0 Å². The highest BCUT2D eigenvalue weighted by Gasteiger charge is 2.30. The molecular weight excluding hydrogens is 385 g/mol. The first-order valence-electron chi connectivity index (χ1n) is 9.19. The summed E-state index contributed by atoms with van der Waals surface area (Å²) in [5.74, 6) is 0. The molecule has 0 unspecified atom stereocenters. The number of nitrogens with one attached hydrogen (secondary N) is 1. The van der Waals surface area contributed by atoms with E-state index in [0.717, 1.165) is 28.8 Å². The molecule has 0 aliphatic rings. The summed E-state index contributed by atoms with van der Waals surface area (Å²) in [6, 6.07) is 22.7. The predicted molar refractivity (Wildman–Crippen MR) is 117 cm³/mol. The number of nitrogens with two attached hydrogens (primary N) is 1. The standard InChI is InChI=1S/C25H21F3N2/c1-17(29)24(30-18(2)20-12-14-23(15-13-20)25(26,27)28)16-19-8-10-22(11-9-19)21-6-4-3-5-7-21/h3-16,30H,1-2,29H2/b24-16+. The van der Waals surface area contributed by atoms with Gasteiger partial charge in [0.25, 0.3) is 0 Å². The van der Waals surface area contributed by atoms with E-state index in [9.17, 15) is 13.2 Å². The smallest absolute Gasteiger partial charge is 0.398 e. The Morgan fingerprint density at radius 3 is 1.90 bits per heavy atom. The van der Waals surface area contributed by atoms with E-state index in [4.69, 9.17) is 5.73 Å². The van der Waals surface area contributed by atoms with Crippen molar-refractivity contribution in [2.45, 2.75) is 6.18 Å². The zero-order valence-corrected chi connectivity index (χ0v) is 16.2. The van der Waals surface area contributed by atoms with Gasteiger partial charge >= 0.3 is 6.18 Å². The third kappa shape index (κ3) is 5.20. The van der Waals surface area contributed by atoms with E-state index in [1.807, 2.05) is 60.7 Å². The maximum atomic E-state index is 12.7. The minimum Gasteiger partial charge on any atom is -0.398 e. The minimum atomic E-state index is -4.38. The Bertz CT molecular complexity index is 1060. The highest BCUT2D eigenvalue weighted by Crippen LogP contribution is 2.30. The maximum absolute atomic E-state index is 12.7. The van der Waals surface area contributed by atoms with Gasteiger partial charge in [-0.1, -0.05) is 79.9 Å². The second-order valence-electron chi connectivity index (χ2n) is 6.75. The van der Waals surface area contributed by atoms with E-state index in [1.165, 1.54) is 12.1 Å². The molecule has 0 amide bonds. The van der Waals surface area contributed by atoms with E-state index in [1.54, 1.807) is 0 Å². The van der Waals surface area contributed by atoms with E-state index >= 15 is 0 Å². The summed E-state index contributed by atoms with van der Waals surface area (Å²) in [4.78, 5) is 0. The zero-order valence-electron chi connectivity index (χ0n) is 16.2. The second kappa shape index (κ2) is 8.74. The first kappa shape index (κ1) is 21.0. The van der Waals surface area contributed by atoms with Gasteiger partial charge in [0.05, 0.1) is 11.3 Å². The van der Waals surface area contributed by atoms with Gasteiger partial charge < -0.3 is 11.1 Å². The zero-order chi connectivity index (χ0) is 21.7. The van der Waals surface area contributed by atoms with Crippen LogP contribution < -0.4 is 11.1 Å². The molecule has 2 nitrogen and oxygen atoms in total. The van der Waals surface area contributed by atoms with Crippen molar-refractivity contribution in [1.82, 2.24) is 5.32 Å². The Balaban J connectivity index is 1.78. The van der Waals surface area contributed by atoms with Crippen LogP contribution >= 0.6 is 0 Å². The number of halogens is 3. The Morgan fingerprint density at radius 2 is 1.37 bits per heavy atom. The topological polar surface area (TPSA) is 38.0 Å². The summed E-state index contributed by atoms with van der Waals surface area (Å²) >= 11 is 0. The van der Waals surface area contributed by atoms with Gasteiger partial charge in [-0.2, -0.15) is 13.2 Å². The van der Waals surface area contributed by atoms with Gasteiger partial charge in [-0.25, -0.2) is 0 Å². The van der Waals surface area contributed by atoms with E-state index in [2.05, 4.69) is 18.5 Å². The van der Waals surface area contributed by atoms with Crippen molar-refractivity contribution in [2.24, 2.45) is 5.73 Å². The molecule has 3 rings (SSSR count). The van der Waals surface area contributed by atoms with Gasteiger partial charge in [0.1, 0.15) is 0 Å². The van der Waals surface area contributed by atoms with Crippen molar-refractivity contribution in [2.75, 3.05) is 0 Å². The number of rotatable bonds is 6. The molecule has 0 aliphatic carbocycles. The Labute approximate surface area is 173 Å². The van der Waals surface area contributed by atoms with Crippen molar-refractivity contribution in [3.05, 3.63) is 120 Å². The molecule has 0 fully saturated rings. The van der Waals surface area contributed by atoms with Crippen LogP contribution in [-0.2, 0) is 6.18 Å². The third-order valence-corrected chi connectivity index (χ3v) is 4.52. The van der Waals surface area contributed by atoms with Crippen molar-refractivity contribution >= 4 is 11.8 Å². The van der Waals surface area contributed by atoms with Gasteiger partial charge in [-0.15, -0.1) is 0 Å². The first-order valence-corrected chi connectivity index (χ1v) is 9.19. The summed E-state index contributed by atoms with van der Waals surface area (Å²) in [7, 11) is 0. The molecule has 0 spiro atoms. The molecule has 5 heteroatoms. The number of alkyl halides is 3. The van der Waals surface area contributed by atoms with Gasteiger partial charge in [-0.05, 0) is 40.5 Å². The van der Waals surface area contributed by atoms with Gasteiger partial charge in [0.15, 0.2) is 0 Å². The fourth-order valence-electron chi connectivity index (χ4n) is 2.87. The molecular formula is C25H21F3N2. The largest absolute Gasteiger partial charge is 0.416 e. The molecule has 30 heavy (non-hydrogen) atoms. The molecule has 0 saturated heterocycles. The number of hydrogen-bond acceptors (Lipinski definition) is 2. The molecule has 0 radical (unpaired) electrons. The second-order valence-corrected chi connectivity index (χ2v) is 6.75. The molecule has 0 atom stereocenters. The SMILES string of the molecule is C=C(N)/C(=C\c1ccc(-c2ccccc2)cc1)NC(=C)c1ccc(C(F)(F)F)cc1. The number of hydrogen-bond donors (Lipinski definition) is 2. The molecule has 3 aromatic carbocycles. The Kier molecular flexibility index (Phi) is 6.11. The predicted octanol–water partition coefficient (Wildman–Crippen LogP) is 6.45. The molecule has 3 N–H and O–H groups in total. The lowest BCUT2D eigenvalue weighted by Crippen LogP contribution is -2.16. The average Bonchev–Trinajstić information content (AvgIpc) is 2.74. The van der Waals surface area contributed by atoms with Crippen LogP contribution in [0.1, 0.15) is 16.7 Å². The molecule has 0 heterocycles. The molecule has 0 aromatic heterocycles. The van der Waals surface area contributed by atoms with Crippen LogP contribution in [0.25, 0.3) is 22.9 Å². The van der Waals surface area contributed by atoms with Crippen molar-refractivity contribution in [3.8, 4) is 11.1 Å². The summed E-state index contributed by atoms with van der Waals surface area (Å²) in [5, 5.41) is 3.05. The highest BCUT2D eigenvalue weighted by atomic mass is 19.4. The molecule has 0 bridgehead atoms. The lowest BCUT2D eigenvalue weighted by atomic mass is 10.0. The van der Waals surface area contributed by atoms with Crippen LogP contribution in [-0.4, -0.2) is 0 Å². The van der Waals surface area contributed by atoms with E-state index < -0.39 is 11.7 Å². The van der Waals surface area contributed by atoms with Crippen molar-refractivity contribution in [3.63, 3.8) is 0 Å². The van der Waals surface area contributed by atoms with Crippen LogP contribution in [0, 0.1) is 0 Å². The van der Waals surface area contributed by atoms with Gasteiger partial charge in [-0.3, -0.25) is 0 Å².